The lowest BCUT2D eigenvalue weighted by Crippen LogP contribution is -2.03. The van der Waals surface area contributed by atoms with Gasteiger partial charge in [0.15, 0.2) is 0 Å². The summed E-state index contributed by atoms with van der Waals surface area (Å²) in [6.45, 7) is 6.99. The predicted molar refractivity (Wildman–Crippen MR) is 80.9 cm³/mol. The highest BCUT2D eigenvalue weighted by Crippen LogP contribution is 2.22. The number of rotatable bonds is 12. The summed E-state index contributed by atoms with van der Waals surface area (Å²) in [6.07, 6.45) is 16.6. The average molecular weight is 254 g/mol. The molecular weight excluding hydrogens is 220 g/mol. The summed E-state index contributed by atoms with van der Waals surface area (Å²) in [5, 5.41) is 0. The first-order valence-corrected chi connectivity index (χ1v) is 8.00. The Morgan fingerprint density at radius 2 is 1.06 bits per heavy atom. The summed E-state index contributed by atoms with van der Waals surface area (Å²) in [4.78, 5) is 10.1. The van der Waals surface area contributed by atoms with E-state index in [4.69, 9.17) is 0 Å². The SMILES string of the molecule is CC(C)(C)CCCCCCCCCCCCC=O. The molecule has 0 bridgehead atoms. The van der Waals surface area contributed by atoms with Crippen molar-refractivity contribution in [2.45, 2.75) is 97.8 Å². The fourth-order valence-corrected chi connectivity index (χ4v) is 2.30. The van der Waals surface area contributed by atoms with E-state index in [1.165, 1.54) is 64.2 Å². The van der Waals surface area contributed by atoms with Crippen LogP contribution in [0, 0.1) is 5.41 Å². The molecule has 0 heterocycles. The molecule has 0 N–H and O–H groups in total. The van der Waals surface area contributed by atoms with E-state index in [9.17, 15) is 4.79 Å². The Morgan fingerprint density at radius 1 is 0.667 bits per heavy atom. The zero-order valence-electron chi connectivity index (χ0n) is 13.0. The van der Waals surface area contributed by atoms with E-state index in [-0.39, 0.29) is 0 Å². The molecule has 0 saturated heterocycles. The van der Waals surface area contributed by atoms with Gasteiger partial charge in [-0.05, 0) is 18.3 Å². The normalized spacial score (nSPS) is 11.7. The van der Waals surface area contributed by atoms with Crippen molar-refractivity contribution < 1.29 is 4.79 Å². The maximum absolute atomic E-state index is 10.1. The maximum Gasteiger partial charge on any atom is 0.119 e. The fraction of sp³-hybridized carbons (Fsp3) is 0.941. The number of aldehydes is 1. The summed E-state index contributed by atoms with van der Waals surface area (Å²) in [7, 11) is 0. The topological polar surface area (TPSA) is 17.1 Å². The Kier molecular flexibility index (Phi) is 11.5. The van der Waals surface area contributed by atoms with Crippen molar-refractivity contribution in [3.63, 3.8) is 0 Å². The number of hydrogen-bond acceptors (Lipinski definition) is 1. The highest BCUT2D eigenvalue weighted by Gasteiger charge is 2.08. The number of carbonyl (C=O) groups excluding carboxylic acids is 1. The summed E-state index contributed by atoms with van der Waals surface area (Å²) in [6, 6.07) is 0. The second kappa shape index (κ2) is 11.7. The van der Waals surface area contributed by atoms with Crippen LogP contribution in [0.3, 0.4) is 0 Å². The van der Waals surface area contributed by atoms with Crippen molar-refractivity contribution in [3.8, 4) is 0 Å². The van der Waals surface area contributed by atoms with Crippen molar-refractivity contribution in [2.75, 3.05) is 0 Å². The van der Waals surface area contributed by atoms with Gasteiger partial charge in [0.1, 0.15) is 6.29 Å². The van der Waals surface area contributed by atoms with Gasteiger partial charge in [-0.25, -0.2) is 0 Å². The van der Waals surface area contributed by atoms with Crippen molar-refractivity contribution in [3.05, 3.63) is 0 Å². The van der Waals surface area contributed by atoms with Gasteiger partial charge in [0.05, 0.1) is 0 Å². The van der Waals surface area contributed by atoms with E-state index in [2.05, 4.69) is 20.8 Å². The van der Waals surface area contributed by atoms with Crippen molar-refractivity contribution >= 4 is 6.29 Å². The fourth-order valence-electron chi connectivity index (χ4n) is 2.30. The zero-order valence-corrected chi connectivity index (χ0v) is 13.0. The molecule has 0 atom stereocenters. The molecule has 0 rings (SSSR count). The molecule has 0 aliphatic rings. The minimum absolute atomic E-state index is 0.515. The summed E-state index contributed by atoms with van der Waals surface area (Å²) < 4.78 is 0. The Balaban J connectivity index is 3.01. The van der Waals surface area contributed by atoms with E-state index >= 15 is 0 Å². The predicted octanol–water partition coefficient (Wildman–Crippen LogP) is 5.91. The first kappa shape index (κ1) is 17.7. The van der Waals surface area contributed by atoms with Crippen LogP contribution in [0.5, 0.6) is 0 Å². The second-order valence-electron chi connectivity index (χ2n) is 6.80. The molecule has 0 aromatic rings. The van der Waals surface area contributed by atoms with Crippen molar-refractivity contribution in [1.82, 2.24) is 0 Å². The average Bonchev–Trinajstić information content (AvgIpc) is 2.29. The maximum atomic E-state index is 10.1. The van der Waals surface area contributed by atoms with E-state index in [0.717, 1.165) is 19.1 Å². The van der Waals surface area contributed by atoms with Crippen LogP contribution in [-0.2, 0) is 4.79 Å². The van der Waals surface area contributed by atoms with Gasteiger partial charge in [-0.1, -0.05) is 78.6 Å². The van der Waals surface area contributed by atoms with Gasteiger partial charge in [-0.3, -0.25) is 0 Å². The molecule has 18 heavy (non-hydrogen) atoms. The van der Waals surface area contributed by atoms with Crippen LogP contribution in [0.1, 0.15) is 97.8 Å². The van der Waals surface area contributed by atoms with Gasteiger partial charge in [0.25, 0.3) is 0 Å². The molecule has 108 valence electrons. The first-order chi connectivity index (χ1) is 8.56. The smallest absolute Gasteiger partial charge is 0.119 e. The largest absolute Gasteiger partial charge is 0.303 e. The van der Waals surface area contributed by atoms with Crippen LogP contribution in [0.4, 0.5) is 0 Å². The molecule has 0 saturated carbocycles. The second-order valence-corrected chi connectivity index (χ2v) is 6.80. The molecule has 0 aromatic heterocycles. The molecule has 0 aliphatic heterocycles. The third kappa shape index (κ3) is 15.7. The number of carbonyl (C=O) groups is 1. The van der Waals surface area contributed by atoms with Crippen LogP contribution >= 0.6 is 0 Å². The van der Waals surface area contributed by atoms with Crippen LogP contribution < -0.4 is 0 Å². The molecule has 0 fully saturated rings. The lowest BCUT2D eigenvalue weighted by molar-refractivity contribution is -0.107. The first-order valence-electron chi connectivity index (χ1n) is 8.00. The Hall–Kier alpha value is -0.330. The lowest BCUT2D eigenvalue weighted by atomic mass is 9.89. The third-order valence-corrected chi connectivity index (χ3v) is 3.50. The van der Waals surface area contributed by atoms with E-state index < -0.39 is 0 Å². The molecular formula is C17H34O. The van der Waals surface area contributed by atoms with Gasteiger partial charge in [-0.15, -0.1) is 0 Å². The van der Waals surface area contributed by atoms with Crippen LogP contribution in [0.15, 0.2) is 0 Å². The van der Waals surface area contributed by atoms with Crippen LogP contribution in [0.2, 0.25) is 0 Å². The highest BCUT2D eigenvalue weighted by molar-refractivity contribution is 5.48. The Labute approximate surface area is 115 Å². The van der Waals surface area contributed by atoms with Crippen LogP contribution in [-0.4, -0.2) is 6.29 Å². The van der Waals surface area contributed by atoms with E-state index in [1.807, 2.05) is 0 Å². The minimum atomic E-state index is 0.515. The van der Waals surface area contributed by atoms with Gasteiger partial charge >= 0.3 is 0 Å². The highest BCUT2D eigenvalue weighted by atomic mass is 16.1. The molecule has 0 unspecified atom stereocenters. The van der Waals surface area contributed by atoms with Crippen molar-refractivity contribution in [2.24, 2.45) is 5.41 Å². The summed E-state index contributed by atoms with van der Waals surface area (Å²) >= 11 is 0. The summed E-state index contributed by atoms with van der Waals surface area (Å²) in [5.74, 6) is 0. The molecule has 1 nitrogen and oxygen atoms in total. The quantitative estimate of drug-likeness (QED) is 0.312. The monoisotopic (exact) mass is 254 g/mol. The van der Waals surface area contributed by atoms with Gasteiger partial charge in [-0.2, -0.15) is 0 Å². The molecule has 0 radical (unpaired) electrons. The van der Waals surface area contributed by atoms with E-state index in [0.29, 0.717) is 5.41 Å². The van der Waals surface area contributed by atoms with E-state index in [1.54, 1.807) is 0 Å². The third-order valence-electron chi connectivity index (χ3n) is 3.50. The number of hydrogen-bond donors (Lipinski definition) is 0. The van der Waals surface area contributed by atoms with Gasteiger partial charge < -0.3 is 4.79 Å². The van der Waals surface area contributed by atoms with Gasteiger partial charge in [0, 0.05) is 6.42 Å². The standard InChI is InChI=1S/C17H34O/c1-17(2,3)15-13-11-9-7-5-4-6-8-10-12-14-16-18/h16H,4-15H2,1-3H3. The number of unbranched alkanes of at least 4 members (excludes halogenated alkanes) is 10. The molecule has 1 heteroatoms. The zero-order chi connectivity index (χ0) is 13.7. The molecule has 0 aromatic carbocycles. The van der Waals surface area contributed by atoms with Crippen LogP contribution in [0.25, 0.3) is 0 Å². The molecule has 0 spiro atoms. The Morgan fingerprint density at radius 3 is 1.44 bits per heavy atom. The van der Waals surface area contributed by atoms with Gasteiger partial charge in [0.2, 0.25) is 0 Å². The molecule has 0 amide bonds. The summed E-state index contributed by atoms with van der Waals surface area (Å²) in [5.41, 5.74) is 0.515. The Bertz CT molecular complexity index is 179. The lowest BCUT2D eigenvalue weighted by Gasteiger charge is -2.17. The molecule has 0 aliphatic carbocycles. The minimum Gasteiger partial charge on any atom is -0.303 e. The van der Waals surface area contributed by atoms with Crippen molar-refractivity contribution in [1.29, 1.82) is 0 Å².